The molecule has 3 unspecified atom stereocenters. The molecule has 12 N–H and O–H groups in total. The summed E-state index contributed by atoms with van der Waals surface area (Å²) in [7, 11) is 0. The first-order valence-corrected chi connectivity index (χ1v) is 28.6. The van der Waals surface area contributed by atoms with Crippen LogP contribution in [0.2, 0.25) is 0 Å². The van der Waals surface area contributed by atoms with Crippen LogP contribution in [0.5, 0.6) is 0 Å². The first-order chi connectivity index (χ1) is 37.8. The van der Waals surface area contributed by atoms with E-state index in [-0.39, 0.29) is 18.3 Å². The van der Waals surface area contributed by atoms with E-state index in [9.17, 15) is 75.7 Å². The van der Waals surface area contributed by atoms with Crippen LogP contribution in [0.3, 0.4) is 0 Å². The Morgan fingerprint density at radius 2 is 1.16 bits per heavy atom. The van der Waals surface area contributed by atoms with Crippen molar-refractivity contribution < 1.29 is 114 Å². The second-order valence-corrected chi connectivity index (χ2v) is 26.5. The van der Waals surface area contributed by atoms with Crippen LogP contribution in [0.15, 0.2) is 34.9 Å². The van der Waals surface area contributed by atoms with Gasteiger partial charge in [0.15, 0.2) is 31.1 Å². The molecule has 0 spiro atoms. The molecule has 460 valence electrons. The monoisotopic (exact) mass is 1150 g/mol. The van der Waals surface area contributed by atoms with Crippen LogP contribution in [0.1, 0.15) is 121 Å². The van der Waals surface area contributed by atoms with Gasteiger partial charge in [-0.1, -0.05) is 72.3 Å². The highest BCUT2D eigenvalue weighted by Gasteiger charge is 2.74. The van der Waals surface area contributed by atoms with Gasteiger partial charge in [0.2, 0.25) is 0 Å². The van der Waals surface area contributed by atoms with Crippen LogP contribution in [-0.2, 0) is 52.3 Å². The van der Waals surface area contributed by atoms with E-state index in [1.54, 1.807) is 39.8 Å². The fraction of sp³-hybridized carbons (Fsp3) is 0.845. The molecule has 0 bridgehead atoms. The Kier molecular flexibility index (Phi) is 18.4. The predicted molar refractivity (Wildman–Crippen MR) is 281 cm³/mol. The molecular formula is C58H90O23. The number of aliphatic carboxylic acids is 1. The molecule has 81 heavy (non-hydrogen) atoms. The Labute approximate surface area is 472 Å². The molecule has 0 radical (unpaired) electrons. The van der Waals surface area contributed by atoms with E-state index in [4.69, 9.17) is 37.9 Å². The van der Waals surface area contributed by atoms with Gasteiger partial charge in [-0.2, -0.15) is 0 Å². The summed E-state index contributed by atoms with van der Waals surface area (Å²) in [6.07, 6.45) is -23.6. The summed E-state index contributed by atoms with van der Waals surface area (Å²) in [4.78, 5) is 40.4. The number of fused-ring (bicyclic) bond motifs is 7. The fourth-order valence-electron chi connectivity index (χ4n) is 16.4. The van der Waals surface area contributed by atoms with Crippen molar-refractivity contribution in [3.63, 3.8) is 0 Å². The topological polar surface area (TPSA) is 368 Å². The Bertz CT molecular complexity index is 2410. The van der Waals surface area contributed by atoms with E-state index in [0.29, 0.717) is 49.7 Å². The quantitative estimate of drug-likeness (QED) is 0.0492. The van der Waals surface area contributed by atoms with E-state index < -0.39 is 193 Å². The standard InChI is InChI=1S/C58H90O23/c1-12-25(3)48(72)80-45-46(81-49(73)26(4)13-2)58(24-61)28(20-53(45,5)6)27-14-15-32-55(9)18-17-34(54(7,8)31(55)16-19-56(32,10)57(27,11)21-33(58)62)76-52-44(79-51-40(68)38(66)36(64)30(23-60)75-51)42(41(69)43(78-52)47(70)71)77-50-39(67)37(65)35(63)29(22-59)74-50/h12-14,28-46,50-52,59-69H,15-24H2,1-11H3,(H,70,71)/b25-12-,26-13-/t28?,29-,30-,31?,32?,33-,34+,35+,36+,37+,38+,39-,40-,41+,42+,43+,44-,45+,46+,50+,51+,52-,55+,56-,57-,58+/m1/s1. The number of carboxylic acids is 1. The minimum Gasteiger partial charge on any atom is -0.479 e. The lowest BCUT2D eigenvalue weighted by Crippen LogP contribution is -2.72. The van der Waals surface area contributed by atoms with Crippen LogP contribution in [0.25, 0.3) is 0 Å². The number of carbonyl (C=O) groups is 3. The molecule has 8 aliphatic rings. The van der Waals surface area contributed by atoms with Crippen molar-refractivity contribution >= 4 is 17.9 Å². The van der Waals surface area contributed by atoms with E-state index in [2.05, 4.69) is 26.8 Å². The van der Waals surface area contributed by atoms with Gasteiger partial charge in [-0.3, -0.25) is 0 Å². The molecule has 0 aromatic rings. The van der Waals surface area contributed by atoms with Gasteiger partial charge in [0.1, 0.15) is 73.2 Å². The number of ether oxygens (including phenoxy) is 8. The number of carbonyl (C=O) groups excluding carboxylic acids is 2. The number of hydrogen-bond donors (Lipinski definition) is 12. The van der Waals surface area contributed by atoms with Crippen LogP contribution < -0.4 is 0 Å². The maximum absolute atomic E-state index is 13.8. The third kappa shape index (κ3) is 10.4. The van der Waals surface area contributed by atoms with Crippen molar-refractivity contribution in [1.29, 1.82) is 0 Å². The van der Waals surface area contributed by atoms with Gasteiger partial charge in [-0.25, -0.2) is 14.4 Å². The number of aliphatic hydroxyl groups excluding tert-OH is 11. The third-order valence-corrected chi connectivity index (χ3v) is 21.6. The van der Waals surface area contributed by atoms with Crippen LogP contribution in [0, 0.1) is 50.2 Å². The van der Waals surface area contributed by atoms with Gasteiger partial charge in [0, 0.05) is 16.6 Å². The van der Waals surface area contributed by atoms with Crippen molar-refractivity contribution in [2.24, 2.45) is 50.2 Å². The lowest BCUT2D eigenvalue weighted by atomic mass is 9.33. The number of hydrogen-bond acceptors (Lipinski definition) is 22. The first-order valence-electron chi connectivity index (χ1n) is 28.6. The summed E-state index contributed by atoms with van der Waals surface area (Å²) in [5, 5.41) is 132. The molecule has 7 fully saturated rings. The zero-order valence-corrected chi connectivity index (χ0v) is 48.4. The maximum atomic E-state index is 13.8. The average Bonchev–Trinajstić information content (AvgIpc) is 3.60. The molecule has 0 aromatic heterocycles. The molecule has 5 aliphatic carbocycles. The zero-order valence-electron chi connectivity index (χ0n) is 48.4. The summed E-state index contributed by atoms with van der Waals surface area (Å²) in [5.74, 6) is -3.52. The minimum absolute atomic E-state index is 0.00248. The normalized spacial score (nSPS) is 48.7. The molecule has 8 rings (SSSR count). The van der Waals surface area contributed by atoms with E-state index in [1.165, 1.54) is 0 Å². The molecule has 23 nitrogen and oxygen atoms in total. The Morgan fingerprint density at radius 1 is 0.630 bits per heavy atom. The highest BCUT2D eigenvalue weighted by molar-refractivity contribution is 5.89. The minimum atomic E-state index is -2.18. The summed E-state index contributed by atoms with van der Waals surface area (Å²) in [5.41, 5.74) is -2.85. The van der Waals surface area contributed by atoms with E-state index in [1.807, 2.05) is 27.7 Å². The SMILES string of the molecule is C/C=C(/C)C(=O)O[C@H]1[C@H](OC(=O)/C(C)=C\C)[C@@]2(CO)C(CC1(C)C)C1=CCC3[C@@]4(C)CC[C@H](O[C@@H]5O[C@H](C(=O)O)[C@@H](O)[C@H](O[C@@H]6O[C@H](CO)[C@H](O)[C@H](O)[C@H]6O)[C@H]5O[C@@H]5O[C@H](CO)[C@H](O)[C@H](O)[C@H]5O)C(C)(C)C4CC[C@@]3(C)[C@]1(C)C[C@H]2O. The molecule has 3 aliphatic heterocycles. The molecule has 0 amide bonds. The van der Waals surface area contributed by atoms with Gasteiger partial charge >= 0.3 is 17.9 Å². The molecule has 3 saturated heterocycles. The fourth-order valence-corrected chi connectivity index (χ4v) is 16.4. The van der Waals surface area contributed by atoms with Gasteiger partial charge in [-0.05, 0) is 112 Å². The summed E-state index contributed by atoms with van der Waals surface area (Å²) in [6.45, 7) is 19.2. The molecular weight excluding hydrogens is 1060 g/mol. The highest BCUT2D eigenvalue weighted by Crippen LogP contribution is 2.76. The van der Waals surface area contributed by atoms with E-state index >= 15 is 0 Å². The number of esters is 2. The van der Waals surface area contributed by atoms with Gasteiger partial charge < -0.3 is 99.2 Å². The molecule has 23 heteroatoms. The number of aliphatic hydroxyl groups is 11. The van der Waals surface area contributed by atoms with Crippen LogP contribution in [-0.4, -0.2) is 216 Å². The van der Waals surface area contributed by atoms with Gasteiger partial charge in [-0.15, -0.1) is 0 Å². The lowest BCUT2D eigenvalue weighted by molar-refractivity contribution is -0.396. The van der Waals surface area contributed by atoms with E-state index in [0.717, 1.165) is 5.57 Å². The third-order valence-electron chi connectivity index (χ3n) is 21.6. The summed E-state index contributed by atoms with van der Waals surface area (Å²) in [6, 6.07) is 0. The smallest absolute Gasteiger partial charge is 0.335 e. The largest absolute Gasteiger partial charge is 0.479 e. The van der Waals surface area contributed by atoms with Crippen molar-refractivity contribution in [1.82, 2.24) is 0 Å². The van der Waals surface area contributed by atoms with Crippen molar-refractivity contribution in [2.45, 2.75) is 238 Å². The number of rotatable bonds is 14. The highest BCUT2D eigenvalue weighted by atomic mass is 16.8. The van der Waals surface area contributed by atoms with Crippen molar-refractivity contribution in [3.8, 4) is 0 Å². The Hall–Kier alpha value is -3.05. The van der Waals surface area contributed by atoms with Gasteiger partial charge in [0.25, 0.3) is 0 Å². The number of allylic oxidation sites excluding steroid dienone is 4. The van der Waals surface area contributed by atoms with Crippen molar-refractivity contribution in [2.75, 3.05) is 19.8 Å². The predicted octanol–water partition coefficient (Wildman–Crippen LogP) is 0.653. The second-order valence-electron chi connectivity index (χ2n) is 26.5. The Morgan fingerprint density at radius 3 is 1.67 bits per heavy atom. The van der Waals surface area contributed by atoms with Crippen molar-refractivity contribution in [3.05, 3.63) is 34.9 Å². The molecule has 3 heterocycles. The molecule has 26 atom stereocenters. The Balaban J connectivity index is 1.13. The summed E-state index contributed by atoms with van der Waals surface area (Å²) >= 11 is 0. The zero-order chi connectivity index (χ0) is 60.0. The second kappa shape index (κ2) is 23.3. The number of carboxylic acid groups (broad SMARTS) is 1. The summed E-state index contributed by atoms with van der Waals surface area (Å²) < 4.78 is 49.3. The van der Waals surface area contributed by atoms with Gasteiger partial charge in [0.05, 0.1) is 37.4 Å². The maximum Gasteiger partial charge on any atom is 0.335 e. The lowest BCUT2D eigenvalue weighted by Gasteiger charge is -2.72. The first kappa shape index (κ1) is 64.0. The average molecular weight is 1160 g/mol. The molecule has 0 aromatic carbocycles. The molecule has 4 saturated carbocycles. The van der Waals surface area contributed by atoms with Crippen LogP contribution >= 0.6 is 0 Å². The van der Waals surface area contributed by atoms with Crippen LogP contribution in [0.4, 0.5) is 0 Å².